The van der Waals surface area contributed by atoms with Gasteiger partial charge in [-0.05, 0) is 39.7 Å². The Bertz CT molecular complexity index is 806. The number of benzene rings is 2. The first-order valence-electron chi connectivity index (χ1n) is 6.95. The highest BCUT2D eigenvalue weighted by atomic mass is 79.9. The summed E-state index contributed by atoms with van der Waals surface area (Å²) in [6.07, 6.45) is 0. The highest BCUT2D eigenvalue weighted by Gasteiger charge is 2.21. The molecule has 0 aliphatic carbocycles. The van der Waals surface area contributed by atoms with Gasteiger partial charge in [0.05, 0.1) is 21.3 Å². The van der Waals surface area contributed by atoms with Gasteiger partial charge >= 0.3 is 0 Å². The Hall–Kier alpha value is -1.77. The number of rotatable bonds is 7. The fourth-order valence-corrected chi connectivity index (χ4v) is 4.09. The number of sulfonamides is 1. The molecule has 0 bridgehead atoms. The minimum Gasteiger partial charge on any atom is -0.497 e. The van der Waals surface area contributed by atoms with E-state index in [1.165, 1.54) is 20.3 Å². The minimum atomic E-state index is -3.73. The molecule has 0 radical (unpaired) electrons. The van der Waals surface area contributed by atoms with Crippen LogP contribution in [0.2, 0.25) is 0 Å². The van der Waals surface area contributed by atoms with Gasteiger partial charge in [0.25, 0.3) is 0 Å². The summed E-state index contributed by atoms with van der Waals surface area (Å²) < 4.78 is 43.5. The summed E-state index contributed by atoms with van der Waals surface area (Å²) in [5, 5.41) is 0. The minimum absolute atomic E-state index is 0.0775. The van der Waals surface area contributed by atoms with Crippen LogP contribution in [-0.2, 0) is 16.6 Å². The SMILES string of the molecule is COc1ccc(CNS(=O)(=O)c2cc(OC)c(OC)cc2Br)cc1. The summed E-state index contributed by atoms with van der Waals surface area (Å²) in [5.41, 5.74) is 0.816. The van der Waals surface area contributed by atoms with Crippen molar-refractivity contribution < 1.29 is 22.6 Å². The maximum atomic E-state index is 12.6. The predicted octanol–water partition coefficient (Wildman–Crippen LogP) is 2.95. The van der Waals surface area contributed by atoms with Gasteiger partial charge < -0.3 is 14.2 Å². The lowest BCUT2D eigenvalue weighted by Crippen LogP contribution is -2.23. The summed E-state index contributed by atoms with van der Waals surface area (Å²) in [6, 6.07) is 10.1. The highest BCUT2D eigenvalue weighted by Crippen LogP contribution is 2.35. The van der Waals surface area contributed by atoms with Crippen LogP contribution in [0.1, 0.15) is 5.56 Å². The molecular formula is C16H18BrNO5S. The van der Waals surface area contributed by atoms with Crippen LogP contribution < -0.4 is 18.9 Å². The fourth-order valence-electron chi connectivity index (χ4n) is 2.04. The molecule has 24 heavy (non-hydrogen) atoms. The molecule has 1 N–H and O–H groups in total. The first-order valence-corrected chi connectivity index (χ1v) is 9.23. The first kappa shape index (κ1) is 18.6. The molecule has 2 aromatic rings. The van der Waals surface area contributed by atoms with Crippen LogP contribution in [0, 0.1) is 0 Å². The van der Waals surface area contributed by atoms with Gasteiger partial charge in [-0.1, -0.05) is 12.1 Å². The molecule has 8 heteroatoms. The quantitative estimate of drug-likeness (QED) is 0.752. The molecule has 2 aromatic carbocycles. The molecule has 0 spiro atoms. The monoisotopic (exact) mass is 415 g/mol. The van der Waals surface area contributed by atoms with Crippen molar-refractivity contribution in [1.82, 2.24) is 4.72 Å². The van der Waals surface area contributed by atoms with Crippen LogP contribution in [0.25, 0.3) is 0 Å². The van der Waals surface area contributed by atoms with Crippen molar-refractivity contribution in [2.75, 3.05) is 21.3 Å². The number of methoxy groups -OCH3 is 3. The molecule has 0 fully saturated rings. The molecule has 0 amide bonds. The van der Waals surface area contributed by atoms with Crippen molar-refractivity contribution in [2.24, 2.45) is 0 Å². The summed E-state index contributed by atoms with van der Waals surface area (Å²) in [4.78, 5) is 0.0775. The zero-order chi connectivity index (χ0) is 17.7. The van der Waals surface area contributed by atoms with Gasteiger partial charge in [0, 0.05) is 17.1 Å². The van der Waals surface area contributed by atoms with E-state index in [4.69, 9.17) is 14.2 Å². The van der Waals surface area contributed by atoms with Crippen molar-refractivity contribution in [3.63, 3.8) is 0 Å². The fraction of sp³-hybridized carbons (Fsp3) is 0.250. The van der Waals surface area contributed by atoms with Crippen molar-refractivity contribution in [1.29, 1.82) is 0 Å². The van der Waals surface area contributed by atoms with E-state index in [1.54, 1.807) is 37.4 Å². The predicted molar refractivity (Wildman–Crippen MR) is 94.3 cm³/mol. The topological polar surface area (TPSA) is 73.9 Å². The van der Waals surface area contributed by atoms with Crippen LogP contribution >= 0.6 is 15.9 Å². The van der Waals surface area contributed by atoms with E-state index in [1.807, 2.05) is 0 Å². The number of halogens is 1. The van der Waals surface area contributed by atoms with E-state index in [0.717, 1.165) is 5.56 Å². The Morgan fingerprint density at radius 3 is 2.08 bits per heavy atom. The second kappa shape index (κ2) is 7.87. The first-order chi connectivity index (χ1) is 11.4. The largest absolute Gasteiger partial charge is 0.497 e. The van der Waals surface area contributed by atoms with Gasteiger partial charge in [-0.3, -0.25) is 0 Å². The maximum absolute atomic E-state index is 12.6. The smallest absolute Gasteiger partial charge is 0.242 e. The van der Waals surface area contributed by atoms with E-state index in [0.29, 0.717) is 21.7 Å². The molecule has 0 saturated heterocycles. The van der Waals surface area contributed by atoms with E-state index in [-0.39, 0.29) is 11.4 Å². The van der Waals surface area contributed by atoms with E-state index in [9.17, 15) is 8.42 Å². The zero-order valence-corrected chi connectivity index (χ0v) is 15.9. The molecule has 6 nitrogen and oxygen atoms in total. The van der Waals surface area contributed by atoms with Crippen LogP contribution in [-0.4, -0.2) is 29.7 Å². The molecule has 0 heterocycles. The zero-order valence-electron chi connectivity index (χ0n) is 13.5. The Balaban J connectivity index is 2.23. The third-order valence-electron chi connectivity index (χ3n) is 3.35. The second-order valence-corrected chi connectivity index (χ2v) is 7.40. The van der Waals surface area contributed by atoms with Crippen LogP contribution in [0.3, 0.4) is 0 Å². The average Bonchev–Trinajstić information content (AvgIpc) is 2.59. The normalized spacial score (nSPS) is 11.2. The molecule has 130 valence electrons. The standard InChI is InChI=1S/C16H18BrNO5S/c1-21-12-6-4-11(5-7-12)10-18-24(19,20)16-9-15(23-3)14(22-2)8-13(16)17/h4-9,18H,10H2,1-3H3. The number of ether oxygens (including phenoxy) is 3. The lowest BCUT2D eigenvalue weighted by atomic mass is 10.2. The van der Waals surface area contributed by atoms with Gasteiger partial charge in [0.15, 0.2) is 11.5 Å². The molecule has 0 aliphatic heterocycles. The summed E-state index contributed by atoms with van der Waals surface area (Å²) >= 11 is 3.26. The Labute approximate surface area is 149 Å². The third-order valence-corrected chi connectivity index (χ3v) is 5.71. The molecule has 0 saturated carbocycles. The van der Waals surface area contributed by atoms with E-state index < -0.39 is 10.0 Å². The number of hydrogen-bond donors (Lipinski definition) is 1. The van der Waals surface area contributed by atoms with Gasteiger partial charge in [-0.2, -0.15) is 0 Å². The van der Waals surface area contributed by atoms with Crippen LogP contribution in [0.4, 0.5) is 0 Å². The Morgan fingerprint density at radius 2 is 1.54 bits per heavy atom. The molecule has 0 unspecified atom stereocenters. The highest BCUT2D eigenvalue weighted by molar-refractivity contribution is 9.10. The lowest BCUT2D eigenvalue weighted by Gasteiger charge is -2.13. The van der Waals surface area contributed by atoms with Gasteiger partial charge in [0.1, 0.15) is 10.6 Å². The van der Waals surface area contributed by atoms with E-state index in [2.05, 4.69) is 20.7 Å². The number of hydrogen-bond acceptors (Lipinski definition) is 5. The summed E-state index contributed by atoms with van der Waals surface area (Å²) in [5.74, 6) is 1.49. The van der Waals surface area contributed by atoms with Crippen molar-refractivity contribution >= 4 is 26.0 Å². The summed E-state index contributed by atoms with van der Waals surface area (Å²) in [7, 11) is 0.787. The Kier molecular flexibility index (Phi) is 6.09. The molecular weight excluding hydrogens is 398 g/mol. The average molecular weight is 416 g/mol. The van der Waals surface area contributed by atoms with Crippen LogP contribution in [0.5, 0.6) is 17.2 Å². The Morgan fingerprint density at radius 1 is 0.958 bits per heavy atom. The van der Waals surface area contributed by atoms with Gasteiger partial charge in [-0.25, -0.2) is 13.1 Å². The molecule has 0 aliphatic rings. The van der Waals surface area contributed by atoms with Crippen molar-refractivity contribution in [3.8, 4) is 17.2 Å². The molecule has 0 atom stereocenters. The third kappa shape index (κ3) is 4.19. The summed E-state index contributed by atoms with van der Waals surface area (Å²) in [6.45, 7) is 0.160. The van der Waals surface area contributed by atoms with Crippen LogP contribution in [0.15, 0.2) is 45.8 Å². The maximum Gasteiger partial charge on any atom is 0.242 e. The molecule has 0 aromatic heterocycles. The van der Waals surface area contributed by atoms with Crippen molar-refractivity contribution in [2.45, 2.75) is 11.4 Å². The number of nitrogens with one attached hydrogen (secondary N) is 1. The lowest BCUT2D eigenvalue weighted by molar-refractivity contribution is 0.353. The second-order valence-electron chi connectivity index (χ2n) is 4.81. The van der Waals surface area contributed by atoms with Gasteiger partial charge in [0.2, 0.25) is 10.0 Å². The van der Waals surface area contributed by atoms with Crippen molar-refractivity contribution in [3.05, 3.63) is 46.4 Å². The van der Waals surface area contributed by atoms with Gasteiger partial charge in [-0.15, -0.1) is 0 Å². The van der Waals surface area contributed by atoms with E-state index >= 15 is 0 Å². The molecule has 2 rings (SSSR count).